The number of rotatable bonds is 8. The molecule has 10 heteroatoms. The van der Waals surface area contributed by atoms with Gasteiger partial charge in [-0.1, -0.05) is 17.7 Å². The van der Waals surface area contributed by atoms with Crippen molar-refractivity contribution in [1.82, 2.24) is 25.1 Å². The molecule has 3 atom stereocenters. The van der Waals surface area contributed by atoms with Gasteiger partial charge in [0.15, 0.2) is 0 Å². The van der Waals surface area contributed by atoms with Crippen molar-refractivity contribution in [3.8, 4) is 0 Å². The second-order valence-corrected chi connectivity index (χ2v) is 11.4. The van der Waals surface area contributed by atoms with Crippen LogP contribution in [0.15, 0.2) is 42.1 Å². The van der Waals surface area contributed by atoms with E-state index < -0.39 is 6.17 Å². The molecular formula is C28H34ClFN6O2. The van der Waals surface area contributed by atoms with Crippen LogP contribution in [0.25, 0.3) is 0 Å². The van der Waals surface area contributed by atoms with Crippen molar-refractivity contribution < 1.29 is 13.9 Å². The van der Waals surface area contributed by atoms with Crippen LogP contribution < -0.4 is 4.90 Å². The normalized spacial score (nSPS) is 25.5. The molecule has 2 fully saturated rings. The quantitative estimate of drug-likeness (QED) is 0.525. The van der Waals surface area contributed by atoms with E-state index in [-0.39, 0.29) is 18.7 Å². The van der Waals surface area contributed by atoms with Crippen molar-refractivity contribution in [2.45, 2.75) is 57.7 Å². The fraction of sp³-hybridized carbons (Fsp3) is 0.571. The van der Waals surface area contributed by atoms with Crippen LogP contribution in [0.1, 0.15) is 49.8 Å². The third-order valence-corrected chi connectivity index (χ3v) is 8.76. The molecule has 4 aliphatic rings. The second-order valence-electron chi connectivity index (χ2n) is 11.0. The van der Waals surface area contributed by atoms with Gasteiger partial charge >= 0.3 is 0 Å². The average molecular weight is 541 g/mol. The number of fused-ring (bicyclic) bond motifs is 1. The first-order valence-corrected chi connectivity index (χ1v) is 14.1. The highest BCUT2D eigenvalue weighted by Gasteiger charge is 2.43. The third kappa shape index (κ3) is 5.72. The number of halogens is 2. The van der Waals surface area contributed by atoms with E-state index in [1.165, 1.54) is 6.42 Å². The molecule has 2 aliphatic heterocycles. The molecule has 1 N–H and O–H groups in total. The predicted molar refractivity (Wildman–Crippen MR) is 142 cm³/mol. The van der Waals surface area contributed by atoms with E-state index in [4.69, 9.17) is 16.3 Å². The summed E-state index contributed by atoms with van der Waals surface area (Å²) in [7, 11) is 0. The van der Waals surface area contributed by atoms with Gasteiger partial charge in [0.25, 0.3) is 0 Å². The van der Waals surface area contributed by atoms with Crippen LogP contribution in [0.4, 0.5) is 10.3 Å². The molecular weight excluding hydrogens is 507 g/mol. The Labute approximate surface area is 227 Å². The number of H-pyrrole nitrogens is 1. The smallest absolute Gasteiger partial charge is 0.227 e. The Morgan fingerprint density at radius 2 is 1.97 bits per heavy atom. The van der Waals surface area contributed by atoms with Gasteiger partial charge in [-0.3, -0.25) is 9.89 Å². The van der Waals surface area contributed by atoms with Gasteiger partial charge in [0, 0.05) is 26.1 Å². The molecule has 0 bridgehead atoms. The Hall–Kier alpha value is -2.94. The van der Waals surface area contributed by atoms with Crippen LogP contribution in [-0.2, 0) is 22.5 Å². The summed E-state index contributed by atoms with van der Waals surface area (Å²) in [5, 5.41) is 7.57. The molecule has 1 saturated carbocycles. The number of aromatic nitrogens is 4. The first kappa shape index (κ1) is 25.3. The zero-order chi connectivity index (χ0) is 26.1. The average Bonchev–Trinajstić information content (AvgIpc) is 3.55. The lowest BCUT2D eigenvalue weighted by molar-refractivity contribution is -0.131. The maximum atomic E-state index is 14.9. The van der Waals surface area contributed by atoms with E-state index in [0.717, 1.165) is 67.8 Å². The lowest BCUT2D eigenvalue weighted by Crippen LogP contribution is -2.36. The number of hydrogen-bond acceptors (Lipinski definition) is 6. The van der Waals surface area contributed by atoms with Crippen molar-refractivity contribution in [3.63, 3.8) is 0 Å². The Morgan fingerprint density at radius 1 is 1.16 bits per heavy atom. The Balaban J connectivity index is 0.911. The Kier molecular flexibility index (Phi) is 7.37. The number of amides is 1. The van der Waals surface area contributed by atoms with Crippen LogP contribution in [0, 0.1) is 17.8 Å². The minimum Gasteiger partial charge on any atom is -0.498 e. The van der Waals surface area contributed by atoms with Gasteiger partial charge in [-0.05, 0) is 67.1 Å². The summed E-state index contributed by atoms with van der Waals surface area (Å²) in [4.78, 5) is 25.5. The minimum atomic E-state index is -1.17. The van der Waals surface area contributed by atoms with Crippen LogP contribution in [0.3, 0.4) is 0 Å². The maximum Gasteiger partial charge on any atom is 0.227 e. The van der Waals surface area contributed by atoms with E-state index >= 15 is 0 Å². The number of anilines is 1. The van der Waals surface area contributed by atoms with Crippen molar-refractivity contribution >= 4 is 23.5 Å². The van der Waals surface area contributed by atoms with Gasteiger partial charge in [-0.2, -0.15) is 5.10 Å². The Bertz CT molecular complexity index is 1210. The Morgan fingerprint density at radius 3 is 2.76 bits per heavy atom. The first-order valence-electron chi connectivity index (χ1n) is 13.7. The minimum absolute atomic E-state index is 0.0387. The largest absolute Gasteiger partial charge is 0.498 e. The summed E-state index contributed by atoms with van der Waals surface area (Å²) >= 11 is 5.90. The number of aromatic amines is 1. The molecule has 202 valence electrons. The number of piperidine rings is 1. The van der Waals surface area contributed by atoms with Crippen molar-refractivity contribution in [1.29, 1.82) is 0 Å². The van der Waals surface area contributed by atoms with Crippen LogP contribution >= 0.6 is 11.6 Å². The highest BCUT2D eigenvalue weighted by Crippen LogP contribution is 2.50. The third-order valence-electron chi connectivity index (χ3n) is 8.57. The SMILES string of the molecule is O=C(CC1=CC=C(OCC[C@@H]2CC2C2CCN(c3ncc(Cl)cn3)CC2)CC1F)N1CCc2cn[nH]c2C1. The van der Waals surface area contributed by atoms with Gasteiger partial charge in [-0.25, -0.2) is 14.4 Å². The number of allylic oxidation sites excluding steroid dienone is 3. The molecule has 2 aromatic heterocycles. The monoisotopic (exact) mass is 540 g/mol. The molecule has 2 aliphatic carbocycles. The highest BCUT2D eigenvalue weighted by molar-refractivity contribution is 6.30. The fourth-order valence-electron chi connectivity index (χ4n) is 6.19. The van der Waals surface area contributed by atoms with Gasteiger partial charge in [0.1, 0.15) is 6.17 Å². The standard InChI is InChI=1S/C28H34ClFN6O2/c29-22-15-31-28(32-16-22)35-7-3-18(4-8-35)24-11-19(24)6-10-38-23-2-1-20(25(30)13-23)12-27(37)36-9-5-21-14-33-34-26(21)17-36/h1-2,14-16,18-19,24-25H,3-13,17H2,(H,33,34)/t19-,24?,25?/m1/s1. The lowest BCUT2D eigenvalue weighted by Gasteiger charge is -2.32. The molecule has 1 saturated heterocycles. The van der Waals surface area contributed by atoms with Gasteiger partial charge in [-0.15, -0.1) is 0 Å². The maximum absolute atomic E-state index is 14.9. The fourth-order valence-corrected chi connectivity index (χ4v) is 6.29. The zero-order valence-corrected chi connectivity index (χ0v) is 22.2. The number of nitrogens with one attached hydrogen (secondary N) is 1. The van der Waals surface area contributed by atoms with Gasteiger partial charge < -0.3 is 14.5 Å². The van der Waals surface area contributed by atoms with Gasteiger partial charge in [0.2, 0.25) is 11.9 Å². The van der Waals surface area contributed by atoms with Crippen LogP contribution in [-0.4, -0.2) is 63.4 Å². The number of ether oxygens (including phenoxy) is 1. The number of carbonyl (C=O) groups excluding carboxylic acids is 1. The molecule has 6 rings (SSSR count). The van der Waals surface area contributed by atoms with Gasteiger partial charge in [0.05, 0.1) is 54.6 Å². The molecule has 0 aromatic carbocycles. The highest BCUT2D eigenvalue weighted by atomic mass is 35.5. The summed E-state index contributed by atoms with van der Waals surface area (Å²) < 4.78 is 20.9. The summed E-state index contributed by atoms with van der Waals surface area (Å²) in [5.74, 6) is 3.63. The number of hydrogen-bond donors (Lipinski definition) is 1. The van der Waals surface area contributed by atoms with Crippen LogP contribution in [0.5, 0.6) is 0 Å². The molecule has 38 heavy (non-hydrogen) atoms. The van der Waals surface area contributed by atoms with Crippen molar-refractivity contribution in [2.75, 3.05) is 31.1 Å². The lowest BCUT2D eigenvalue weighted by atomic mass is 9.90. The molecule has 4 heterocycles. The van der Waals surface area contributed by atoms with E-state index in [0.29, 0.717) is 42.0 Å². The summed E-state index contributed by atoms with van der Waals surface area (Å²) in [5.41, 5.74) is 2.67. The predicted octanol–water partition coefficient (Wildman–Crippen LogP) is 4.64. The number of carbonyl (C=O) groups is 1. The second kappa shape index (κ2) is 11.0. The summed E-state index contributed by atoms with van der Waals surface area (Å²) in [6, 6.07) is 0. The molecule has 0 spiro atoms. The summed E-state index contributed by atoms with van der Waals surface area (Å²) in [6.07, 6.45) is 13.3. The molecule has 8 nitrogen and oxygen atoms in total. The number of alkyl halides is 1. The summed E-state index contributed by atoms with van der Waals surface area (Å²) in [6.45, 7) is 3.75. The molecule has 0 radical (unpaired) electrons. The van der Waals surface area contributed by atoms with E-state index in [2.05, 4.69) is 25.1 Å². The van der Waals surface area contributed by atoms with E-state index in [1.807, 2.05) is 12.3 Å². The molecule has 1 amide bonds. The zero-order valence-electron chi connectivity index (χ0n) is 21.5. The topological polar surface area (TPSA) is 87.2 Å². The first-order chi connectivity index (χ1) is 18.5. The number of nitrogens with zero attached hydrogens (tertiary/aromatic N) is 5. The molecule has 2 unspecified atom stereocenters. The van der Waals surface area contributed by atoms with Crippen molar-refractivity contribution in [2.24, 2.45) is 17.8 Å². The van der Waals surface area contributed by atoms with Crippen molar-refractivity contribution in [3.05, 3.63) is 58.4 Å². The van der Waals surface area contributed by atoms with Crippen LogP contribution in [0.2, 0.25) is 5.02 Å². The van der Waals surface area contributed by atoms with E-state index in [1.54, 1.807) is 23.4 Å². The van der Waals surface area contributed by atoms with E-state index in [9.17, 15) is 9.18 Å². The molecule has 2 aromatic rings.